The molecule has 2 amide bonds. The van der Waals surface area contributed by atoms with Crippen molar-refractivity contribution < 1.29 is 36.8 Å². The number of hydrogen-bond acceptors (Lipinski definition) is 6. The highest BCUT2D eigenvalue weighted by Crippen LogP contribution is 2.28. The lowest BCUT2D eigenvalue weighted by Crippen LogP contribution is -2.41. The van der Waals surface area contributed by atoms with Crippen LogP contribution in [0.3, 0.4) is 0 Å². The minimum Gasteiger partial charge on any atom is -0.396 e. The van der Waals surface area contributed by atoms with Crippen LogP contribution in [0.4, 0.5) is 24.8 Å². The molecule has 1 unspecified atom stereocenters. The van der Waals surface area contributed by atoms with Gasteiger partial charge in [-0.15, -0.1) is 0 Å². The second-order valence-corrected chi connectivity index (χ2v) is 9.10. The lowest BCUT2D eigenvalue weighted by Gasteiger charge is -2.26. The molecule has 1 atom stereocenters. The highest BCUT2D eigenvalue weighted by molar-refractivity contribution is 7.86. The maximum atomic E-state index is 12.8. The number of morpholine rings is 1. The van der Waals surface area contributed by atoms with Crippen molar-refractivity contribution >= 4 is 45.3 Å². The molecule has 4 rings (SSSR count). The van der Waals surface area contributed by atoms with Crippen LogP contribution in [0.15, 0.2) is 47.4 Å². The molecule has 2 heterocycles. The van der Waals surface area contributed by atoms with Crippen molar-refractivity contribution in [2.45, 2.75) is 23.4 Å². The molecule has 0 radical (unpaired) electrons. The van der Waals surface area contributed by atoms with Gasteiger partial charge in [0, 0.05) is 35.8 Å². The van der Waals surface area contributed by atoms with Gasteiger partial charge in [0.05, 0.1) is 17.6 Å². The summed E-state index contributed by atoms with van der Waals surface area (Å²) in [4.78, 5) is 30.5. The Bertz CT molecular complexity index is 1290. The third-order valence-corrected chi connectivity index (χ3v) is 6.42. The van der Waals surface area contributed by atoms with Gasteiger partial charge < -0.3 is 19.3 Å². The van der Waals surface area contributed by atoms with Crippen LogP contribution in [0.5, 0.6) is 0 Å². The Balaban J connectivity index is 1.65. The average molecular weight is 510 g/mol. The summed E-state index contributed by atoms with van der Waals surface area (Å²) in [5.74, 6) is -0.818. The van der Waals surface area contributed by atoms with Crippen LogP contribution in [0.2, 0.25) is 0 Å². The number of ether oxygens (including phenoxy) is 1. The first-order chi connectivity index (χ1) is 16.7. The zero-order valence-electron chi connectivity index (χ0n) is 18.2. The molecule has 13 heteroatoms. The van der Waals surface area contributed by atoms with E-state index in [1.807, 2.05) is 0 Å². The molecule has 0 spiro atoms. The topological polar surface area (TPSA) is 114 Å². The molecule has 2 N–H and O–H groups in total. The number of carbonyl (C=O) groups is 2. The summed E-state index contributed by atoms with van der Waals surface area (Å²) in [5.41, 5.74) is -3.36. The summed E-state index contributed by atoms with van der Waals surface area (Å²) in [5, 5.41) is 11.9. The van der Waals surface area contributed by atoms with Crippen molar-refractivity contribution in [2.75, 3.05) is 36.6 Å². The quantitative estimate of drug-likeness (QED) is 0.505. The maximum Gasteiger partial charge on any atom is 0.475 e. The lowest BCUT2D eigenvalue weighted by atomic mass is 10.2. The third-order valence-electron chi connectivity index (χ3n) is 5.31. The largest absolute Gasteiger partial charge is 0.475 e. The molecule has 0 aliphatic carbocycles. The molecule has 186 valence electrons. The predicted molar refractivity (Wildman–Crippen MR) is 121 cm³/mol. The van der Waals surface area contributed by atoms with Gasteiger partial charge in [0.2, 0.25) is 5.95 Å². The number of fused-ring (bicyclic) bond motifs is 1. The standard InChI is InChI=1S/C22H21F3N4O5S/c23-22(24,25)35(33)16-4-1-3-14(11-16)20(32)27-21-26-17-12-15(28-8-10-34-13-19(28)31)5-6-18(17)29(21)7-2-9-30/h1,3-6,11-12,30H,2,7-10,13H2,(H,26,27,32). The second kappa shape index (κ2) is 10.1. The van der Waals surface area contributed by atoms with Gasteiger partial charge in [-0.3, -0.25) is 14.9 Å². The molecule has 0 bridgehead atoms. The SMILES string of the molecule is O=C(Nc1nc2cc(N3CCOCC3=O)ccc2n1CCCO)c1cccc(S(=O)C(F)(F)F)c1. The van der Waals surface area contributed by atoms with Gasteiger partial charge in [0.25, 0.3) is 11.8 Å². The van der Waals surface area contributed by atoms with E-state index in [2.05, 4.69) is 10.3 Å². The number of anilines is 2. The molecule has 2 aromatic carbocycles. The summed E-state index contributed by atoms with van der Waals surface area (Å²) in [7, 11) is -3.27. The van der Waals surface area contributed by atoms with E-state index in [0.29, 0.717) is 42.8 Å². The van der Waals surface area contributed by atoms with Crippen LogP contribution >= 0.6 is 0 Å². The number of halogens is 3. The fourth-order valence-electron chi connectivity index (χ4n) is 3.69. The Morgan fingerprint density at radius 1 is 1.23 bits per heavy atom. The van der Waals surface area contributed by atoms with Crippen molar-refractivity contribution in [1.82, 2.24) is 9.55 Å². The van der Waals surface area contributed by atoms with Gasteiger partial charge >= 0.3 is 5.51 Å². The lowest BCUT2D eigenvalue weighted by molar-refractivity contribution is -0.125. The van der Waals surface area contributed by atoms with Gasteiger partial charge in [-0.25, -0.2) is 9.19 Å². The molecule has 3 aromatic rings. The van der Waals surface area contributed by atoms with Gasteiger partial charge in [0.15, 0.2) is 10.8 Å². The van der Waals surface area contributed by atoms with Crippen LogP contribution in [0, 0.1) is 0 Å². The summed E-state index contributed by atoms with van der Waals surface area (Å²) in [6.45, 7) is 0.945. The highest BCUT2D eigenvalue weighted by Gasteiger charge is 2.38. The van der Waals surface area contributed by atoms with E-state index in [1.165, 1.54) is 12.1 Å². The van der Waals surface area contributed by atoms with Gasteiger partial charge in [-0.1, -0.05) is 6.07 Å². The van der Waals surface area contributed by atoms with Crippen molar-refractivity contribution in [1.29, 1.82) is 0 Å². The number of rotatable bonds is 7. The van der Waals surface area contributed by atoms with Crippen molar-refractivity contribution in [2.24, 2.45) is 0 Å². The average Bonchev–Trinajstić information content (AvgIpc) is 3.17. The van der Waals surface area contributed by atoms with Crippen LogP contribution in [0.25, 0.3) is 11.0 Å². The molecule has 1 aliphatic rings. The van der Waals surface area contributed by atoms with Crippen molar-refractivity contribution in [3.05, 3.63) is 48.0 Å². The van der Waals surface area contributed by atoms with E-state index in [-0.39, 0.29) is 30.6 Å². The van der Waals surface area contributed by atoms with Crippen LogP contribution in [0.1, 0.15) is 16.8 Å². The predicted octanol–water partition coefficient (Wildman–Crippen LogP) is 2.66. The molecule has 1 aliphatic heterocycles. The number of alkyl halides is 3. The van der Waals surface area contributed by atoms with E-state index in [4.69, 9.17) is 4.74 Å². The van der Waals surface area contributed by atoms with Crippen LogP contribution < -0.4 is 10.2 Å². The zero-order chi connectivity index (χ0) is 25.2. The summed E-state index contributed by atoms with van der Waals surface area (Å²) < 4.78 is 57.0. The van der Waals surface area contributed by atoms with Gasteiger partial charge in [-0.2, -0.15) is 13.2 Å². The van der Waals surface area contributed by atoms with Crippen LogP contribution in [-0.2, 0) is 26.9 Å². The normalized spacial score (nSPS) is 15.4. The first-order valence-electron chi connectivity index (χ1n) is 10.6. The second-order valence-electron chi connectivity index (χ2n) is 7.63. The molecule has 1 fully saturated rings. The number of aryl methyl sites for hydroxylation is 1. The molecular weight excluding hydrogens is 489 g/mol. The number of aromatic nitrogens is 2. The molecule has 9 nitrogen and oxygen atoms in total. The summed E-state index contributed by atoms with van der Waals surface area (Å²) >= 11 is 0. The Morgan fingerprint density at radius 2 is 2.03 bits per heavy atom. The number of aliphatic hydroxyl groups excluding tert-OH is 1. The number of benzene rings is 2. The van der Waals surface area contributed by atoms with E-state index < -0.39 is 27.1 Å². The smallest absolute Gasteiger partial charge is 0.396 e. The molecule has 1 aromatic heterocycles. The highest BCUT2D eigenvalue weighted by atomic mass is 32.2. The zero-order valence-corrected chi connectivity index (χ0v) is 19.1. The van der Waals surface area contributed by atoms with Crippen LogP contribution in [-0.4, -0.2) is 62.6 Å². The van der Waals surface area contributed by atoms with E-state index in [0.717, 1.165) is 12.1 Å². The number of hydrogen-bond donors (Lipinski definition) is 2. The summed E-state index contributed by atoms with van der Waals surface area (Å²) in [6, 6.07) is 9.64. The van der Waals surface area contributed by atoms with E-state index in [1.54, 1.807) is 27.7 Å². The van der Waals surface area contributed by atoms with E-state index >= 15 is 0 Å². The van der Waals surface area contributed by atoms with E-state index in [9.17, 15) is 32.1 Å². The van der Waals surface area contributed by atoms with Gasteiger partial charge in [-0.05, 0) is 42.8 Å². The minimum absolute atomic E-state index is 0.0253. The molecule has 35 heavy (non-hydrogen) atoms. The number of aliphatic hydroxyl groups is 1. The maximum absolute atomic E-state index is 12.8. The summed E-state index contributed by atoms with van der Waals surface area (Å²) in [6.07, 6.45) is 0.359. The fourth-order valence-corrected chi connectivity index (χ4v) is 4.39. The molecular formula is C22H21F3N4O5S. The third kappa shape index (κ3) is 5.36. The monoisotopic (exact) mass is 510 g/mol. The first kappa shape index (κ1) is 24.8. The number of nitrogens with one attached hydrogen (secondary N) is 1. The van der Waals surface area contributed by atoms with Gasteiger partial charge in [0.1, 0.15) is 6.61 Å². The Kier molecular flexibility index (Phi) is 7.19. The Morgan fingerprint density at radius 3 is 2.74 bits per heavy atom. The minimum atomic E-state index is -4.95. The first-order valence-corrected chi connectivity index (χ1v) is 11.7. The number of imidazole rings is 1. The van der Waals surface area contributed by atoms with Crippen molar-refractivity contribution in [3.8, 4) is 0 Å². The number of carbonyl (C=O) groups excluding carboxylic acids is 2. The Hall–Kier alpha value is -3.29. The van der Waals surface area contributed by atoms with Crippen molar-refractivity contribution in [3.63, 3.8) is 0 Å². The Labute approximate surface area is 199 Å². The fraction of sp³-hybridized carbons (Fsp3) is 0.318. The number of nitrogens with zero attached hydrogens (tertiary/aromatic N) is 3. The molecule has 0 saturated carbocycles. The molecule has 1 saturated heterocycles. The number of amides is 2.